The summed E-state index contributed by atoms with van der Waals surface area (Å²) in [6.07, 6.45) is 1.15. The van der Waals surface area contributed by atoms with Crippen LogP contribution < -0.4 is 4.74 Å². The summed E-state index contributed by atoms with van der Waals surface area (Å²) in [4.78, 5) is 13.4. The first-order valence-electron chi connectivity index (χ1n) is 5.88. The minimum Gasteiger partial charge on any atom is -0.497 e. The van der Waals surface area contributed by atoms with Crippen molar-refractivity contribution in [1.82, 2.24) is 4.90 Å². The molecule has 1 saturated heterocycles. The van der Waals surface area contributed by atoms with Gasteiger partial charge < -0.3 is 9.47 Å². The average Bonchev–Trinajstić information content (AvgIpc) is 2.67. The summed E-state index contributed by atoms with van der Waals surface area (Å²) in [5.74, 6) is 0.805. The first-order valence-corrected chi connectivity index (χ1v) is 5.88. The first kappa shape index (κ1) is 12.5. The van der Waals surface area contributed by atoms with Crippen molar-refractivity contribution in [2.45, 2.75) is 25.6 Å². The lowest BCUT2D eigenvalue weighted by atomic mass is 10.1. The number of carbonyl (C=O) groups excluding carboxylic acids is 1. The van der Waals surface area contributed by atoms with Crippen LogP contribution in [0.2, 0.25) is 0 Å². The van der Waals surface area contributed by atoms with Crippen LogP contribution in [0.15, 0.2) is 36.9 Å². The summed E-state index contributed by atoms with van der Waals surface area (Å²) in [6, 6.07) is 7.66. The van der Waals surface area contributed by atoms with Crippen LogP contribution in [0, 0.1) is 0 Å². The summed E-state index contributed by atoms with van der Waals surface area (Å²) < 4.78 is 10.3. The molecular weight excluding hydrogens is 230 g/mol. The molecule has 0 radical (unpaired) electrons. The SMILES string of the molecule is C=CC1OC(=O)N(Cc2ccc(OC)cc2)C1C. The lowest BCUT2D eigenvalue weighted by Gasteiger charge is -2.19. The Hall–Kier alpha value is -1.97. The molecule has 1 heterocycles. The second kappa shape index (κ2) is 5.12. The number of carbonyl (C=O) groups is 1. The summed E-state index contributed by atoms with van der Waals surface area (Å²) in [6.45, 7) is 6.17. The van der Waals surface area contributed by atoms with E-state index in [2.05, 4.69) is 6.58 Å². The van der Waals surface area contributed by atoms with Crippen molar-refractivity contribution in [3.63, 3.8) is 0 Å². The van der Waals surface area contributed by atoms with Gasteiger partial charge in [0.25, 0.3) is 0 Å². The molecule has 1 aliphatic heterocycles. The van der Waals surface area contributed by atoms with E-state index >= 15 is 0 Å². The van der Waals surface area contributed by atoms with E-state index in [4.69, 9.17) is 9.47 Å². The van der Waals surface area contributed by atoms with Gasteiger partial charge >= 0.3 is 6.09 Å². The lowest BCUT2D eigenvalue weighted by Crippen LogP contribution is -2.32. The molecule has 1 aromatic rings. The van der Waals surface area contributed by atoms with Gasteiger partial charge in [-0.3, -0.25) is 4.90 Å². The normalized spacial score (nSPS) is 22.8. The molecule has 2 unspecified atom stereocenters. The van der Waals surface area contributed by atoms with Crippen molar-refractivity contribution >= 4 is 6.09 Å². The molecule has 4 nitrogen and oxygen atoms in total. The number of amides is 1. The topological polar surface area (TPSA) is 38.8 Å². The molecule has 0 aromatic heterocycles. The average molecular weight is 247 g/mol. The summed E-state index contributed by atoms with van der Waals surface area (Å²) in [5, 5.41) is 0. The molecule has 2 atom stereocenters. The largest absolute Gasteiger partial charge is 0.497 e. The van der Waals surface area contributed by atoms with E-state index in [-0.39, 0.29) is 18.2 Å². The van der Waals surface area contributed by atoms with Crippen LogP contribution in [-0.2, 0) is 11.3 Å². The fourth-order valence-corrected chi connectivity index (χ4v) is 2.01. The van der Waals surface area contributed by atoms with Crippen molar-refractivity contribution in [3.8, 4) is 5.75 Å². The molecule has 0 aliphatic carbocycles. The number of rotatable bonds is 4. The maximum atomic E-state index is 11.7. The molecule has 18 heavy (non-hydrogen) atoms. The van der Waals surface area contributed by atoms with Crippen LogP contribution in [0.25, 0.3) is 0 Å². The van der Waals surface area contributed by atoms with Gasteiger partial charge in [0.2, 0.25) is 0 Å². The minimum atomic E-state index is -0.289. The number of nitrogens with zero attached hydrogens (tertiary/aromatic N) is 1. The highest BCUT2D eigenvalue weighted by molar-refractivity contribution is 5.71. The third-order valence-corrected chi connectivity index (χ3v) is 3.18. The molecule has 0 spiro atoms. The van der Waals surface area contributed by atoms with Gasteiger partial charge in [-0.25, -0.2) is 4.79 Å². The highest BCUT2D eigenvalue weighted by atomic mass is 16.6. The summed E-state index contributed by atoms with van der Waals surface area (Å²) in [5.41, 5.74) is 1.05. The van der Waals surface area contributed by atoms with Crippen LogP contribution in [0.1, 0.15) is 12.5 Å². The van der Waals surface area contributed by atoms with E-state index in [1.165, 1.54) is 0 Å². The lowest BCUT2D eigenvalue weighted by molar-refractivity contribution is 0.144. The quantitative estimate of drug-likeness (QED) is 0.768. The fraction of sp³-hybridized carbons (Fsp3) is 0.357. The number of hydrogen-bond acceptors (Lipinski definition) is 3. The van der Waals surface area contributed by atoms with E-state index in [0.29, 0.717) is 6.54 Å². The van der Waals surface area contributed by atoms with E-state index in [1.54, 1.807) is 18.1 Å². The van der Waals surface area contributed by atoms with E-state index in [9.17, 15) is 4.79 Å². The van der Waals surface area contributed by atoms with Crippen molar-refractivity contribution in [2.75, 3.05) is 7.11 Å². The molecule has 4 heteroatoms. The van der Waals surface area contributed by atoms with Gasteiger partial charge in [0, 0.05) is 6.54 Å². The van der Waals surface area contributed by atoms with Gasteiger partial charge in [-0.1, -0.05) is 18.7 Å². The Labute approximate surface area is 107 Å². The zero-order valence-electron chi connectivity index (χ0n) is 10.6. The molecule has 1 aromatic carbocycles. The Bertz CT molecular complexity index is 441. The number of methoxy groups -OCH3 is 1. The molecular formula is C14H17NO3. The van der Waals surface area contributed by atoms with Crippen LogP contribution >= 0.6 is 0 Å². The van der Waals surface area contributed by atoms with Gasteiger partial charge in [-0.05, 0) is 30.7 Å². The highest BCUT2D eigenvalue weighted by Crippen LogP contribution is 2.23. The zero-order valence-corrected chi connectivity index (χ0v) is 10.6. The first-order chi connectivity index (χ1) is 8.65. The van der Waals surface area contributed by atoms with Crippen LogP contribution in [0.3, 0.4) is 0 Å². The third kappa shape index (κ3) is 2.32. The van der Waals surface area contributed by atoms with E-state index in [1.807, 2.05) is 31.2 Å². The van der Waals surface area contributed by atoms with Crippen LogP contribution in [-0.4, -0.2) is 30.2 Å². The maximum absolute atomic E-state index is 11.7. The molecule has 1 aliphatic rings. The van der Waals surface area contributed by atoms with Crippen molar-refractivity contribution in [1.29, 1.82) is 0 Å². The Kier molecular flexibility index (Phi) is 3.55. The molecule has 96 valence electrons. The summed E-state index contributed by atoms with van der Waals surface area (Å²) >= 11 is 0. The smallest absolute Gasteiger partial charge is 0.411 e. The number of benzene rings is 1. The molecule has 0 saturated carbocycles. The van der Waals surface area contributed by atoms with Crippen LogP contribution in [0.4, 0.5) is 4.79 Å². The van der Waals surface area contributed by atoms with Gasteiger partial charge in [-0.15, -0.1) is 0 Å². The second-order valence-corrected chi connectivity index (χ2v) is 4.30. The molecule has 1 amide bonds. The Morgan fingerprint density at radius 1 is 1.44 bits per heavy atom. The molecule has 1 fully saturated rings. The fourth-order valence-electron chi connectivity index (χ4n) is 2.01. The highest BCUT2D eigenvalue weighted by Gasteiger charge is 2.36. The Morgan fingerprint density at radius 3 is 2.61 bits per heavy atom. The Balaban J connectivity index is 2.08. The standard InChI is InChI=1S/C14H17NO3/c1-4-13-10(2)15(14(16)18-13)9-11-5-7-12(17-3)8-6-11/h4-8,10,13H,1,9H2,2-3H3. The Morgan fingerprint density at radius 2 is 2.11 bits per heavy atom. The second-order valence-electron chi connectivity index (χ2n) is 4.30. The van der Waals surface area contributed by atoms with Gasteiger partial charge in [0.05, 0.1) is 13.2 Å². The van der Waals surface area contributed by atoms with Gasteiger partial charge in [0.15, 0.2) is 0 Å². The van der Waals surface area contributed by atoms with Crippen molar-refractivity contribution in [2.24, 2.45) is 0 Å². The minimum absolute atomic E-state index is 0.0112. The van der Waals surface area contributed by atoms with Crippen LogP contribution in [0.5, 0.6) is 5.75 Å². The zero-order chi connectivity index (χ0) is 13.1. The monoisotopic (exact) mass is 247 g/mol. The maximum Gasteiger partial charge on any atom is 0.411 e. The number of hydrogen-bond donors (Lipinski definition) is 0. The molecule has 2 rings (SSSR count). The summed E-state index contributed by atoms with van der Waals surface area (Å²) in [7, 11) is 1.63. The number of cyclic esters (lactones) is 1. The predicted octanol–water partition coefficient (Wildman–Crippen LogP) is 2.59. The van der Waals surface area contributed by atoms with Crippen molar-refractivity contribution in [3.05, 3.63) is 42.5 Å². The van der Waals surface area contributed by atoms with Gasteiger partial charge in [0.1, 0.15) is 11.9 Å². The van der Waals surface area contributed by atoms with E-state index in [0.717, 1.165) is 11.3 Å². The predicted molar refractivity (Wildman–Crippen MR) is 68.5 cm³/mol. The third-order valence-electron chi connectivity index (χ3n) is 3.18. The molecule has 0 N–H and O–H groups in total. The van der Waals surface area contributed by atoms with Gasteiger partial charge in [-0.2, -0.15) is 0 Å². The number of ether oxygens (including phenoxy) is 2. The van der Waals surface area contributed by atoms with Crippen molar-refractivity contribution < 1.29 is 14.3 Å². The molecule has 0 bridgehead atoms. The van der Waals surface area contributed by atoms with E-state index < -0.39 is 0 Å².